The molecule has 1 aliphatic carbocycles. The molecular weight excluding hydrogens is 406 g/mol. The van der Waals surface area contributed by atoms with Crippen LogP contribution in [0.15, 0.2) is 29.1 Å². The molecule has 0 saturated heterocycles. The molecule has 6 nitrogen and oxygen atoms in total. The lowest BCUT2D eigenvalue weighted by molar-refractivity contribution is -0.113. The third-order valence-electron chi connectivity index (χ3n) is 4.72. The molecule has 4 rings (SSSR count). The van der Waals surface area contributed by atoms with Gasteiger partial charge in [-0.05, 0) is 43.4 Å². The zero-order chi connectivity index (χ0) is 20.2. The Bertz CT molecular complexity index is 1090. The van der Waals surface area contributed by atoms with Crippen molar-refractivity contribution in [1.82, 2.24) is 9.97 Å². The molecule has 0 bridgehead atoms. The number of H-pyrrole nitrogens is 1. The minimum Gasteiger partial charge on any atom is -0.491 e. The standard InChI is InChI=1S/C21H23N3O3S2/c1-2-10-27-15-8-4-3-7-14(15)22-18(25)12-28-11-17-23-20(26)19-13-6-5-9-16(13)29-21(19)24-17/h3-4,7-8H,2,5-6,9-12H2,1H3,(H,22,25)(H,23,24,26). The van der Waals surface area contributed by atoms with Crippen LogP contribution in [0.25, 0.3) is 10.2 Å². The van der Waals surface area contributed by atoms with Crippen molar-refractivity contribution < 1.29 is 9.53 Å². The first-order valence-electron chi connectivity index (χ1n) is 9.78. The van der Waals surface area contributed by atoms with Crippen LogP contribution in [0, 0.1) is 0 Å². The van der Waals surface area contributed by atoms with Crippen molar-refractivity contribution >= 4 is 44.9 Å². The van der Waals surface area contributed by atoms with Crippen LogP contribution in [-0.2, 0) is 23.4 Å². The maximum Gasteiger partial charge on any atom is 0.259 e. The summed E-state index contributed by atoms with van der Waals surface area (Å²) in [5, 5.41) is 3.66. The number of aryl methyl sites for hydroxylation is 2. The highest BCUT2D eigenvalue weighted by Gasteiger charge is 2.21. The largest absolute Gasteiger partial charge is 0.491 e. The number of carbonyl (C=O) groups excluding carboxylic acids is 1. The van der Waals surface area contributed by atoms with E-state index in [9.17, 15) is 9.59 Å². The number of thioether (sulfide) groups is 1. The molecule has 1 aromatic carbocycles. The van der Waals surface area contributed by atoms with Crippen LogP contribution >= 0.6 is 23.1 Å². The first-order valence-corrected chi connectivity index (χ1v) is 11.8. The fraction of sp³-hybridized carbons (Fsp3) is 0.381. The van der Waals surface area contributed by atoms with E-state index in [0.717, 1.165) is 35.9 Å². The van der Waals surface area contributed by atoms with Gasteiger partial charge in [-0.1, -0.05) is 19.1 Å². The first kappa shape index (κ1) is 20.0. The molecule has 0 radical (unpaired) electrons. The summed E-state index contributed by atoms with van der Waals surface area (Å²) in [4.78, 5) is 34.4. The third kappa shape index (κ3) is 4.48. The molecule has 152 valence electrons. The molecule has 2 N–H and O–H groups in total. The zero-order valence-electron chi connectivity index (χ0n) is 16.2. The van der Waals surface area contributed by atoms with Crippen LogP contribution in [0.4, 0.5) is 5.69 Å². The van der Waals surface area contributed by atoms with E-state index in [-0.39, 0.29) is 17.2 Å². The average Bonchev–Trinajstić information content (AvgIpc) is 3.28. The van der Waals surface area contributed by atoms with Gasteiger partial charge in [-0.3, -0.25) is 9.59 Å². The van der Waals surface area contributed by atoms with Crippen LogP contribution in [-0.4, -0.2) is 28.2 Å². The lowest BCUT2D eigenvalue weighted by Crippen LogP contribution is -2.16. The summed E-state index contributed by atoms with van der Waals surface area (Å²) in [7, 11) is 0. The van der Waals surface area contributed by atoms with E-state index < -0.39 is 0 Å². The lowest BCUT2D eigenvalue weighted by Gasteiger charge is -2.11. The van der Waals surface area contributed by atoms with Crippen molar-refractivity contribution in [2.24, 2.45) is 0 Å². The second-order valence-corrected chi connectivity index (χ2v) is 9.00. The highest BCUT2D eigenvalue weighted by molar-refractivity contribution is 7.99. The molecule has 0 unspecified atom stereocenters. The zero-order valence-corrected chi connectivity index (χ0v) is 17.9. The number of nitrogens with zero attached hydrogens (tertiary/aromatic N) is 1. The monoisotopic (exact) mass is 429 g/mol. The van der Waals surface area contributed by atoms with E-state index in [2.05, 4.69) is 15.3 Å². The van der Waals surface area contributed by atoms with Crippen molar-refractivity contribution in [3.05, 3.63) is 50.9 Å². The number of thiophene rings is 1. The highest BCUT2D eigenvalue weighted by Crippen LogP contribution is 2.34. The number of aromatic nitrogens is 2. The molecule has 0 spiro atoms. The minimum atomic E-state index is -0.110. The Morgan fingerprint density at radius 2 is 2.21 bits per heavy atom. The molecule has 1 amide bonds. The summed E-state index contributed by atoms with van der Waals surface area (Å²) < 4.78 is 5.67. The van der Waals surface area contributed by atoms with Crippen molar-refractivity contribution in [3.63, 3.8) is 0 Å². The highest BCUT2D eigenvalue weighted by atomic mass is 32.2. The Morgan fingerprint density at radius 3 is 3.07 bits per heavy atom. The van der Waals surface area contributed by atoms with Gasteiger partial charge < -0.3 is 15.0 Å². The Morgan fingerprint density at radius 1 is 1.34 bits per heavy atom. The number of carbonyl (C=O) groups is 1. The summed E-state index contributed by atoms with van der Waals surface area (Å²) >= 11 is 3.06. The van der Waals surface area contributed by atoms with Gasteiger partial charge in [-0.15, -0.1) is 23.1 Å². The predicted octanol–water partition coefficient (Wildman–Crippen LogP) is 4.13. The molecule has 0 aliphatic heterocycles. The smallest absolute Gasteiger partial charge is 0.259 e. The van der Waals surface area contributed by atoms with Gasteiger partial charge in [0.25, 0.3) is 5.56 Å². The van der Waals surface area contributed by atoms with E-state index in [1.54, 1.807) is 11.3 Å². The van der Waals surface area contributed by atoms with Crippen molar-refractivity contribution in [1.29, 1.82) is 0 Å². The van der Waals surface area contributed by atoms with Gasteiger partial charge in [0.05, 0.1) is 29.2 Å². The average molecular weight is 430 g/mol. The van der Waals surface area contributed by atoms with E-state index in [1.165, 1.54) is 22.2 Å². The second kappa shape index (κ2) is 9.00. The molecule has 0 fully saturated rings. The topological polar surface area (TPSA) is 84.1 Å². The molecule has 0 saturated carbocycles. The molecule has 2 aromatic heterocycles. The SMILES string of the molecule is CCCOc1ccccc1NC(=O)CSCc1nc2sc3c(c2c(=O)[nH]1)CCC3. The number of para-hydroxylation sites is 2. The van der Waals surface area contributed by atoms with Crippen LogP contribution in [0.5, 0.6) is 5.75 Å². The number of hydrogen-bond donors (Lipinski definition) is 2. The fourth-order valence-corrected chi connectivity index (χ4v) is 5.42. The maximum absolute atomic E-state index is 12.5. The summed E-state index contributed by atoms with van der Waals surface area (Å²) in [6.45, 7) is 2.65. The molecular formula is C21H23N3O3S2. The van der Waals surface area contributed by atoms with Crippen LogP contribution < -0.4 is 15.6 Å². The number of amides is 1. The van der Waals surface area contributed by atoms with Gasteiger partial charge >= 0.3 is 0 Å². The molecule has 3 aromatic rings. The first-order chi connectivity index (χ1) is 14.2. The number of aromatic amines is 1. The molecule has 29 heavy (non-hydrogen) atoms. The normalized spacial score (nSPS) is 12.9. The number of anilines is 1. The summed E-state index contributed by atoms with van der Waals surface area (Å²) in [6.07, 6.45) is 4.04. The van der Waals surface area contributed by atoms with E-state index in [1.807, 2.05) is 31.2 Å². The van der Waals surface area contributed by atoms with Gasteiger partial charge in [-0.25, -0.2) is 4.98 Å². The number of rotatable bonds is 8. The molecule has 8 heteroatoms. The van der Waals surface area contributed by atoms with Crippen molar-refractivity contribution in [3.8, 4) is 5.75 Å². The summed E-state index contributed by atoms with van der Waals surface area (Å²) in [6, 6.07) is 7.43. The fourth-order valence-electron chi connectivity index (χ4n) is 3.45. The van der Waals surface area contributed by atoms with Gasteiger partial charge in [-0.2, -0.15) is 0 Å². The number of fused-ring (bicyclic) bond motifs is 3. The summed E-state index contributed by atoms with van der Waals surface area (Å²) in [5.74, 6) is 1.93. The predicted molar refractivity (Wildman–Crippen MR) is 119 cm³/mol. The minimum absolute atomic E-state index is 0.0588. The molecule has 1 aliphatic rings. The molecule has 2 heterocycles. The Kier molecular flexibility index (Phi) is 6.20. The van der Waals surface area contributed by atoms with E-state index in [0.29, 0.717) is 29.6 Å². The Hall–Kier alpha value is -2.32. The lowest BCUT2D eigenvalue weighted by atomic mass is 10.2. The van der Waals surface area contributed by atoms with Crippen molar-refractivity contribution in [2.75, 3.05) is 17.7 Å². The quantitative estimate of drug-likeness (QED) is 0.562. The number of hydrogen-bond acceptors (Lipinski definition) is 6. The van der Waals surface area contributed by atoms with Gasteiger partial charge in [0, 0.05) is 4.88 Å². The van der Waals surface area contributed by atoms with Gasteiger partial charge in [0.2, 0.25) is 5.91 Å². The summed E-state index contributed by atoms with van der Waals surface area (Å²) in [5.41, 5.74) is 1.80. The van der Waals surface area contributed by atoms with Gasteiger partial charge in [0.1, 0.15) is 16.4 Å². The van der Waals surface area contributed by atoms with Crippen LogP contribution in [0.3, 0.4) is 0 Å². The number of ether oxygens (including phenoxy) is 1. The third-order valence-corrected chi connectivity index (χ3v) is 6.85. The second-order valence-electron chi connectivity index (χ2n) is 6.94. The number of nitrogens with one attached hydrogen (secondary N) is 2. The number of benzene rings is 1. The maximum atomic E-state index is 12.5. The van der Waals surface area contributed by atoms with E-state index >= 15 is 0 Å². The van der Waals surface area contributed by atoms with Gasteiger partial charge in [0.15, 0.2) is 0 Å². The van der Waals surface area contributed by atoms with Crippen LogP contribution in [0.2, 0.25) is 0 Å². The Balaban J connectivity index is 1.36. The Labute approximate surface area is 177 Å². The molecule has 0 atom stereocenters. The van der Waals surface area contributed by atoms with Crippen molar-refractivity contribution in [2.45, 2.75) is 38.4 Å². The van der Waals surface area contributed by atoms with Crippen LogP contribution in [0.1, 0.15) is 36.0 Å². The van der Waals surface area contributed by atoms with E-state index in [4.69, 9.17) is 4.74 Å².